The van der Waals surface area contributed by atoms with Gasteiger partial charge in [-0.2, -0.15) is 0 Å². The smallest absolute Gasteiger partial charge is 0.228 e. The monoisotopic (exact) mass is 797 g/mol. The molecule has 0 aliphatic carbocycles. The Balaban J connectivity index is 0.000000175. The van der Waals surface area contributed by atoms with Crippen molar-refractivity contribution >= 4 is 23.2 Å². The van der Waals surface area contributed by atoms with E-state index in [0.29, 0.717) is 12.8 Å². The predicted molar refractivity (Wildman–Crippen MR) is 247 cm³/mol. The lowest BCUT2D eigenvalue weighted by Crippen LogP contribution is -2.23. The Morgan fingerprint density at radius 1 is 0.644 bits per heavy atom. The number of anilines is 2. The highest BCUT2D eigenvalue weighted by atomic mass is 16.5. The normalized spacial score (nSPS) is 13.8. The highest BCUT2D eigenvalue weighted by Crippen LogP contribution is 2.31. The fraction of sp³-hybridized carbons (Fsp3) is 0.423. The highest BCUT2D eigenvalue weighted by molar-refractivity contribution is 5.99. The number of ether oxygens (including phenoxy) is 1. The van der Waals surface area contributed by atoms with Crippen molar-refractivity contribution in [1.29, 1.82) is 0 Å². The van der Waals surface area contributed by atoms with E-state index in [4.69, 9.17) is 4.74 Å². The summed E-state index contributed by atoms with van der Waals surface area (Å²) in [5, 5.41) is 2.87. The maximum atomic E-state index is 11.6. The van der Waals surface area contributed by atoms with Crippen LogP contribution in [0, 0.1) is 6.92 Å². The Kier molecular flexibility index (Phi) is 15.1. The molecular weight excluding hydrogens is 729 g/mol. The molecule has 3 heterocycles. The van der Waals surface area contributed by atoms with E-state index in [1.54, 1.807) is 13.3 Å². The SMILES string of the molecule is CC(C)(C)c1ccc(N2CCCC2=O)cc1.CC(C)(C)c1ccc2c(c1)NC(=O)C2.COc1cccc(C(C)(C)C)c1.Cc1nccc(-c2cccc(C(C)(C)C)c2)n1. The molecule has 7 rings (SSSR count). The molecule has 4 aromatic carbocycles. The maximum absolute atomic E-state index is 11.6. The van der Waals surface area contributed by atoms with Crippen molar-refractivity contribution in [1.82, 2.24) is 9.97 Å². The van der Waals surface area contributed by atoms with E-state index in [2.05, 4.69) is 171 Å². The first-order chi connectivity index (χ1) is 27.4. The summed E-state index contributed by atoms with van der Waals surface area (Å²) in [5.74, 6) is 2.10. The first kappa shape index (κ1) is 46.4. The van der Waals surface area contributed by atoms with Crippen LogP contribution in [0.4, 0.5) is 11.4 Å². The van der Waals surface area contributed by atoms with Gasteiger partial charge in [0.2, 0.25) is 11.8 Å². The molecule has 5 aromatic rings. The van der Waals surface area contributed by atoms with Gasteiger partial charge in [-0.15, -0.1) is 0 Å². The van der Waals surface area contributed by atoms with Crippen LogP contribution in [0.1, 0.15) is 130 Å². The van der Waals surface area contributed by atoms with Crippen molar-refractivity contribution in [3.05, 3.63) is 137 Å². The van der Waals surface area contributed by atoms with Crippen LogP contribution in [0.3, 0.4) is 0 Å². The lowest BCUT2D eigenvalue weighted by atomic mass is 9.86. The molecule has 1 saturated heterocycles. The van der Waals surface area contributed by atoms with Gasteiger partial charge in [-0.3, -0.25) is 9.59 Å². The molecular formula is C52H68N4O3. The molecule has 0 saturated carbocycles. The topological polar surface area (TPSA) is 84.4 Å². The van der Waals surface area contributed by atoms with Crippen LogP contribution in [-0.4, -0.2) is 35.4 Å². The van der Waals surface area contributed by atoms with Gasteiger partial charge in [-0.1, -0.05) is 138 Å². The molecule has 1 N–H and O–H groups in total. The van der Waals surface area contributed by atoms with Crippen molar-refractivity contribution in [2.75, 3.05) is 23.9 Å². The van der Waals surface area contributed by atoms with Gasteiger partial charge in [0, 0.05) is 36.1 Å². The number of aryl methyl sites for hydroxylation is 1. The lowest BCUT2D eigenvalue weighted by Gasteiger charge is -2.21. The lowest BCUT2D eigenvalue weighted by molar-refractivity contribution is -0.117. The van der Waals surface area contributed by atoms with Crippen LogP contribution in [-0.2, 0) is 37.7 Å². The zero-order chi connectivity index (χ0) is 43.8. The summed E-state index contributed by atoms with van der Waals surface area (Å²) < 4.78 is 5.15. The zero-order valence-electron chi connectivity index (χ0n) is 38.2. The Bertz CT molecular complexity index is 2180. The number of carbonyl (C=O) groups excluding carboxylic acids is 2. The van der Waals surface area contributed by atoms with Crippen LogP contribution >= 0.6 is 0 Å². The van der Waals surface area contributed by atoms with E-state index in [9.17, 15) is 9.59 Å². The summed E-state index contributed by atoms with van der Waals surface area (Å²) >= 11 is 0. The third-order valence-electron chi connectivity index (χ3n) is 10.5. The van der Waals surface area contributed by atoms with Gasteiger partial charge in [0.25, 0.3) is 0 Å². The number of hydrogen-bond acceptors (Lipinski definition) is 5. The van der Waals surface area contributed by atoms with Crippen LogP contribution in [0.2, 0.25) is 0 Å². The Morgan fingerprint density at radius 3 is 1.75 bits per heavy atom. The minimum atomic E-state index is 0.103. The van der Waals surface area contributed by atoms with Crippen molar-refractivity contribution in [2.45, 2.75) is 131 Å². The summed E-state index contributed by atoms with van der Waals surface area (Å²) in [5.41, 5.74) is 11.2. The van der Waals surface area contributed by atoms with Crippen molar-refractivity contribution in [3.8, 4) is 17.0 Å². The third-order valence-corrected chi connectivity index (χ3v) is 10.5. The number of nitrogens with zero attached hydrogens (tertiary/aromatic N) is 3. The second-order valence-corrected chi connectivity index (χ2v) is 19.6. The minimum Gasteiger partial charge on any atom is -0.497 e. The van der Waals surface area contributed by atoms with Crippen LogP contribution in [0.15, 0.2) is 103 Å². The van der Waals surface area contributed by atoms with Crippen LogP contribution in [0.5, 0.6) is 5.75 Å². The van der Waals surface area contributed by atoms with Gasteiger partial charge >= 0.3 is 0 Å². The molecule has 0 spiro atoms. The van der Waals surface area contributed by atoms with E-state index in [0.717, 1.165) is 52.7 Å². The number of hydrogen-bond donors (Lipinski definition) is 1. The number of nitrogens with one attached hydrogen (secondary N) is 1. The van der Waals surface area contributed by atoms with Gasteiger partial charge in [0.05, 0.1) is 19.2 Å². The summed E-state index contributed by atoms with van der Waals surface area (Å²) in [7, 11) is 1.70. The maximum Gasteiger partial charge on any atom is 0.228 e. The Morgan fingerprint density at radius 2 is 1.20 bits per heavy atom. The van der Waals surface area contributed by atoms with Crippen LogP contribution < -0.4 is 15.0 Å². The fourth-order valence-corrected chi connectivity index (χ4v) is 6.59. The van der Waals surface area contributed by atoms with E-state index in [-0.39, 0.29) is 33.5 Å². The number of rotatable bonds is 3. The molecule has 1 aromatic heterocycles. The van der Waals surface area contributed by atoms with E-state index < -0.39 is 0 Å². The summed E-state index contributed by atoms with van der Waals surface area (Å²) in [6, 6.07) is 33.3. The summed E-state index contributed by atoms with van der Waals surface area (Å²) in [4.78, 5) is 33.2. The van der Waals surface area contributed by atoms with Gasteiger partial charge in [0.1, 0.15) is 11.6 Å². The molecule has 1 fully saturated rings. The zero-order valence-corrected chi connectivity index (χ0v) is 38.2. The number of benzene rings is 4. The molecule has 2 amide bonds. The molecule has 2 aliphatic rings. The molecule has 7 nitrogen and oxygen atoms in total. The van der Waals surface area contributed by atoms with Gasteiger partial charge in [-0.05, 0) is 105 Å². The first-order valence-electron chi connectivity index (χ1n) is 20.8. The Labute approximate surface area is 355 Å². The van der Waals surface area contributed by atoms with E-state index in [1.165, 1.54) is 22.3 Å². The molecule has 0 radical (unpaired) electrons. The molecule has 0 bridgehead atoms. The van der Waals surface area contributed by atoms with Crippen molar-refractivity contribution < 1.29 is 14.3 Å². The first-order valence-corrected chi connectivity index (χ1v) is 20.8. The molecule has 2 aliphatic heterocycles. The predicted octanol–water partition coefficient (Wildman–Crippen LogP) is 12.3. The van der Waals surface area contributed by atoms with Crippen molar-refractivity contribution in [2.24, 2.45) is 0 Å². The largest absolute Gasteiger partial charge is 0.497 e. The number of amides is 2. The number of carbonyl (C=O) groups is 2. The second-order valence-electron chi connectivity index (χ2n) is 19.6. The number of fused-ring (bicyclic) bond motifs is 1. The van der Waals surface area contributed by atoms with Crippen molar-refractivity contribution in [3.63, 3.8) is 0 Å². The standard InChI is InChI=1S/C15H18N2.C14H19NO.C12H15NO.C11H16O/c1-11-16-9-8-14(17-11)12-6-5-7-13(10-12)15(2,3)4;1-14(2,3)11-6-8-12(9-7-11)15-10-4-5-13(15)16;1-12(2,3)9-5-4-8-6-11(14)13-10(8)7-9;1-11(2,3)9-6-5-7-10(8-9)12-4/h5-10H,1-4H3;6-9H,4-5,10H2,1-3H3;4-5,7H,6H2,1-3H3,(H,13,14);5-8H,1-4H3. The fourth-order valence-electron chi connectivity index (χ4n) is 6.59. The molecule has 314 valence electrons. The molecule has 0 atom stereocenters. The molecule has 59 heavy (non-hydrogen) atoms. The van der Waals surface area contributed by atoms with E-state index >= 15 is 0 Å². The summed E-state index contributed by atoms with van der Waals surface area (Å²) in [6.07, 6.45) is 4.02. The van der Waals surface area contributed by atoms with E-state index in [1.807, 2.05) is 36.1 Å². The van der Waals surface area contributed by atoms with Gasteiger partial charge < -0.3 is 15.0 Å². The average molecular weight is 797 g/mol. The Hall–Kier alpha value is -5.30. The van der Waals surface area contributed by atoms with Gasteiger partial charge in [0.15, 0.2) is 0 Å². The third kappa shape index (κ3) is 13.6. The second kappa shape index (κ2) is 19.2. The van der Waals surface area contributed by atoms with Crippen LogP contribution in [0.25, 0.3) is 11.3 Å². The number of aromatic nitrogens is 2. The minimum absolute atomic E-state index is 0.103. The van der Waals surface area contributed by atoms with Gasteiger partial charge in [-0.25, -0.2) is 9.97 Å². The molecule has 7 heteroatoms. The average Bonchev–Trinajstić information content (AvgIpc) is 3.78. The quantitative estimate of drug-likeness (QED) is 0.197. The summed E-state index contributed by atoms with van der Waals surface area (Å²) in [6.45, 7) is 29.1. The molecule has 0 unspecified atom stereocenters. The number of methoxy groups -OCH3 is 1. The highest BCUT2D eigenvalue weighted by Gasteiger charge is 2.23.